The molecule has 0 saturated carbocycles. The van der Waals surface area contributed by atoms with Crippen molar-refractivity contribution >= 4 is 0 Å². The fourth-order valence-corrected chi connectivity index (χ4v) is 0.716. The van der Waals surface area contributed by atoms with Gasteiger partial charge in [0.2, 0.25) is 0 Å². The number of nitrogens with zero attached hydrogens (tertiary/aromatic N) is 1. The Morgan fingerprint density at radius 3 is 2.25 bits per heavy atom. The van der Waals surface area contributed by atoms with Crippen molar-refractivity contribution in [2.24, 2.45) is 0 Å². The molecule has 46 valence electrons. The van der Waals surface area contributed by atoms with E-state index >= 15 is 0 Å². The van der Waals surface area contributed by atoms with Crippen LogP contribution in [0.15, 0.2) is 12.3 Å². The van der Waals surface area contributed by atoms with Crippen LogP contribution >= 0.6 is 0 Å². The Kier molecular flexibility index (Phi) is 1.05. The van der Waals surface area contributed by atoms with Crippen LogP contribution in [0.2, 0.25) is 0 Å². The summed E-state index contributed by atoms with van der Waals surface area (Å²) in [5.41, 5.74) is -0.0885. The van der Waals surface area contributed by atoms with Crippen LogP contribution in [0.25, 0.3) is 0 Å². The SMILES string of the molecule is CN1C=CC(C)(C)O1. The molecule has 0 fully saturated rings. The molecular formula is C6H11NO. The van der Waals surface area contributed by atoms with E-state index in [-0.39, 0.29) is 5.60 Å². The van der Waals surface area contributed by atoms with E-state index in [1.807, 2.05) is 33.2 Å². The van der Waals surface area contributed by atoms with Crippen LogP contribution < -0.4 is 0 Å². The Labute approximate surface area is 49.7 Å². The average molecular weight is 113 g/mol. The zero-order chi connectivity index (χ0) is 6.20. The van der Waals surface area contributed by atoms with Gasteiger partial charge in [-0.15, -0.1) is 0 Å². The smallest absolute Gasteiger partial charge is 0.110 e. The Balaban J connectivity index is 2.58. The van der Waals surface area contributed by atoms with Gasteiger partial charge >= 0.3 is 0 Å². The predicted molar refractivity (Wildman–Crippen MR) is 32.1 cm³/mol. The van der Waals surface area contributed by atoms with Crippen LogP contribution in [0.4, 0.5) is 0 Å². The minimum atomic E-state index is -0.0885. The Bertz CT molecular complexity index is 118. The maximum atomic E-state index is 5.27. The standard InChI is InChI=1S/C6H11NO/c1-6(2)4-5-7(3)8-6/h4-5H,1-3H3. The van der Waals surface area contributed by atoms with Crippen molar-refractivity contribution in [2.45, 2.75) is 19.4 Å². The van der Waals surface area contributed by atoms with Gasteiger partial charge in [0.05, 0.1) is 0 Å². The third-order valence-corrected chi connectivity index (χ3v) is 1.07. The molecule has 1 heterocycles. The van der Waals surface area contributed by atoms with Gasteiger partial charge in [0.1, 0.15) is 5.60 Å². The molecule has 0 aromatic rings. The molecule has 0 bridgehead atoms. The van der Waals surface area contributed by atoms with Gasteiger partial charge < -0.3 is 0 Å². The molecule has 0 aliphatic carbocycles. The summed E-state index contributed by atoms with van der Waals surface area (Å²) in [5.74, 6) is 0. The molecule has 0 aromatic carbocycles. The fraction of sp³-hybridized carbons (Fsp3) is 0.667. The lowest BCUT2D eigenvalue weighted by atomic mass is 10.1. The normalized spacial score (nSPS) is 24.6. The van der Waals surface area contributed by atoms with Gasteiger partial charge in [0.15, 0.2) is 0 Å². The quantitative estimate of drug-likeness (QED) is 0.467. The van der Waals surface area contributed by atoms with E-state index in [4.69, 9.17) is 4.84 Å². The highest BCUT2D eigenvalue weighted by molar-refractivity contribution is 4.98. The molecule has 0 unspecified atom stereocenters. The summed E-state index contributed by atoms with van der Waals surface area (Å²) in [5, 5.41) is 1.71. The Morgan fingerprint density at radius 1 is 1.50 bits per heavy atom. The first kappa shape index (κ1) is 5.63. The number of hydroxylamine groups is 2. The second-order valence-electron chi connectivity index (χ2n) is 2.56. The Morgan fingerprint density at radius 2 is 2.12 bits per heavy atom. The molecule has 1 rings (SSSR count). The van der Waals surface area contributed by atoms with E-state index in [9.17, 15) is 0 Å². The molecule has 0 aromatic heterocycles. The summed E-state index contributed by atoms with van der Waals surface area (Å²) in [6, 6.07) is 0. The molecule has 0 saturated heterocycles. The largest absolute Gasteiger partial charge is 0.264 e. The third kappa shape index (κ3) is 1.01. The molecule has 0 spiro atoms. The maximum Gasteiger partial charge on any atom is 0.110 e. The Hall–Kier alpha value is -0.500. The van der Waals surface area contributed by atoms with E-state index in [0.29, 0.717) is 0 Å². The van der Waals surface area contributed by atoms with Crippen LogP contribution in [0.3, 0.4) is 0 Å². The van der Waals surface area contributed by atoms with Crippen molar-refractivity contribution in [1.82, 2.24) is 5.06 Å². The lowest BCUT2D eigenvalue weighted by molar-refractivity contribution is -0.149. The highest BCUT2D eigenvalue weighted by Gasteiger charge is 2.21. The first-order valence-electron chi connectivity index (χ1n) is 2.71. The van der Waals surface area contributed by atoms with Gasteiger partial charge in [0, 0.05) is 13.2 Å². The van der Waals surface area contributed by atoms with Crippen LogP contribution in [0, 0.1) is 0 Å². The fourth-order valence-electron chi connectivity index (χ4n) is 0.716. The minimum absolute atomic E-state index is 0.0885. The van der Waals surface area contributed by atoms with E-state index in [1.54, 1.807) is 5.06 Å². The summed E-state index contributed by atoms with van der Waals surface area (Å²) in [6.45, 7) is 4.04. The molecule has 0 N–H and O–H groups in total. The summed E-state index contributed by atoms with van der Waals surface area (Å²) in [4.78, 5) is 5.27. The van der Waals surface area contributed by atoms with Crippen molar-refractivity contribution < 1.29 is 4.84 Å². The zero-order valence-electron chi connectivity index (χ0n) is 5.51. The van der Waals surface area contributed by atoms with Crippen molar-refractivity contribution in [3.05, 3.63) is 12.3 Å². The van der Waals surface area contributed by atoms with Crippen molar-refractivity contribution in [3.63, 3.8) is 0 Å². The molecule has 1 aliphatic rings. The zero-order valence-corrected chi connectivity index (χ0v) is 5.51. The molecular weight excluding hydrogens is 102 g/mol. The van der Waals surface area contributed by atoms with Crippen molar-refractivity contribution in [2.75, 3.05) is 7.05 Å². The van der Waals surface area contributed by atoms with E-state index in [2.05, 4.69) is 0 Å². The second-order valence-corrected chi connectivity index (χ2v) is 2.56. The first-order chi connectivity index (χ1) is 3.60. The van der Waals surface area contributed by atoms with Gasteiger partial charge in [-0.25, -0.2) is 0 Å². The molecule has 2 nitrogen and oxygen atoms in total. The highest BCUT2D eigenvalue weighted by atomic mass is 16.7. The summed E-state index contributed by atoms with van der Waals surface area (Å²) in [7, 11) is 1.88. The predicted octanol–water partition coefficient (Wildman–Crippen LogP) is 1.16. The van der Waals surface area contributed by atoms with E-state index in [1.165, 1.54) is 0 Å². The van der Waals surface area contributed by atoms with Crippen LogP contribution in [0.5, 0.6) is 0 Å². The van der Waals surface area contributed by atoms with Crippen molar-refractivity contribution in [3.8, 4) is 0 Å². The molecule has 0 atom stereocenters. The topological polar surface area (TPSA) is 12.5 Å². The number of hydrogen-bond acceptors (Lipinski definition) is 2. The lowest BCUT2D eigenvalue weighted by Crippen LogP contribution is -2.21. The van der Waals surface area contributed by atoms with Crippen LogP contribution in [-0.2, 0) is 4.84 Å². The highest BCUT2D eigenvalue weighted by Crippen LogP contribution is 2.18. The lowest BCUT2D eigenvalue weighted by Gasteiger charge is -2.17. The summed E-state index contributed by atoms with van der Waals surface area (Å²) in [6.07, 6.45) is 3.94. The summed E-state index contributed by atoms with van der Waals surface area (Å²) >= 11 is 0. The second kappa shape index (κ2) is 1.49. The van der Waals surface area contributed by atoms with Crippen LogP contribution in [0.1, 0.15) is 13.8 Å². The van der Waals surface area contributed by atoms with E-state index in [0.717, 1.165) is 0 Å². The van der Waals surface area contributed by atoms with Gasteiger partial charge in [0.25, 0.3) is 0 Å². The molecule has 2 heteroatoms. The first-order valence-corrected chi connectivity index (χ1v) is 2.71. The third-order valence-electron chi connectivity index (χ3n) is 1.07. The number of rotatable bonds is 0. The monoisotopic (exact) mass is 113 g/mol. The molecule has 0 amide bonds. The van der Waals surface area contributed by atoms with Gasteiger partial charge in [-0.1, -0.05) is 0 Å². The van der Waals surface area contributed by atoms with Gasteiger partial charge in [-0.05, 0) is 19.9 Å². The number of hydrogen-bond donors (Lipinski definition) is 0. The van der Waals surface area contributed by atoms with Crippen LogP contribution in [-0.4, -0.2) is 17.7 Å². The maximum absolute atomic E-state index is 5.27. The van der Waals surface area contributed by atoms with Crippen molar-refractivity contribution in [1.29, 1.82) is 0 Å². The minimum Gasteiger partial charge on any atom is -0.264 e. The van der Waals surface area contributed by atoms with Gasteiger partial charge in [-0.3, -0.25) is 9.90 Å². The average Bonchev–Trinajstić information content (AvgIpc) is 1.82. The molecule has 1 aliphatic heterocycles. The summed E-state index contributed by atoms with van der Waals surface area (Å²) < 4.78 is 0. The van der Waals surface area contributed by atoms with E-state index < -0.39 is 0 Å². The molecule has 8 heavy (non-hydrogen) atoms. The molecule has 0 radical (unpaired) electrons. The van der Waals surface area contributed by atoms with Gasteiger partial charge in [-0.2, -0.15) is 0 Å².